The minimum absolute atomic E-state index is 0.00815. The van der Waals surface area contributed by atoms with Crippen molar-refractivity contribution in [2.24, 2.45) is 0 Å². The van der Waals surface area contributed by atoms with Crippen molar-refractivity contribution in [3.05, 3.63) is 48.4 Å². The van der Waals surface area contributed by atoms with Gasteiger partial charge >= 0.3 is 0 Å². The molecule has 9 heteroatoms. The van der Waals surface area contributed by atoms with Crippen LogP contribution >= 0.6 is 0 Å². The van der Waals surface area contributed by atoms with E-state index < -0.39 is 15.8 Å². The van der Waals surface area contributed by atoms with Crippen LogP contribution in [0.5, 0.6) is 0 Å². The Morgan fingerprint density at radius 3 is 2.52 bits per heavy atom. The van der Waals surface area contributed by atoms with Crippen molar-refractivity contribution in [3.63, 3.8) is 0 Å². The van der Waals surface area contributed by atoms with E-state index in [9.17, 15) is 17.6 Å². The maximum absolute atomic E-state index is 12.9. The van der Waals surface area contributed by atoms with E-state index in [2.05, 4.69) is 10.3 Å². The fourth-order valence-electron chi connectivity index (χ4n) is 2.07. The van der Waals surface area contributed by atoms with E-state index in [0.717, 1.165) is 16.4 Å². The lowest BCUT2D eigenvalue weighted by Crippen LogP contribution is -2.28. The number of aromatic nitrogens is 1. The van der Waals surface area contributed by atoms with Gasteiger partial charge in [0.25, 0.3) is 0 Å². The zero-order valence-corrected chi connectivity index (χ0v) is 14.5. The summed E-state index contributed by atoms with van der Waals surface area (Å²) >= 11 is 0. The average Bonchev–Trinajstić information content (AvgIpc) is 2.57. The lowest BCUT2D eigenvalue weighted by Gasteiger charge is -2.17. The van der Waals surface area contributed by atoms with Gasteiger partial charge in [0.1, 0.15) is 11.6 Å². The quantitative estimate of drug-likeness (QED) is 0.778. The van der Waals surface area contributed by atoms with Crippen LogP contribution in [-0.4, -0.2) is 37.2 Å². The highest BCUT2D eigenvalue weighted by molar-refractivity contribution is 7.89. The minimum atomic E-state index is -3.71. The number of anilines is 2. The highest BCUT2D eigenvalue weighted by Crippen LogP contribution is 2.15. The summed E-state index contributed by atoms with van der Waals surface area (Å²) in [5, 5.41) is 2.65. The van der Waals surface area contributed by atoms with Crippen molar-refractivity contribution in [2.75, 3.05) is 24.6 Å². The van der Waals surface area contributed by atoms with Crippen molar-refractivity contribution in [1.29, 1.82) is 0 Å². The standard InChI is InChI=1S/C16H19FN4O3S/c1-21(25(23,24)14-7-4-12(17)5-8-14)10-2-3-16(22)20-13-6-9-15(18)19-11-13/h4-9,11H,2-3,10H2,1H3,(H2,18,19)(H,20,22). The van der Waals surface area contributed by atoms with Crippen LogP contribution in [0, 0.1) is 5.82 Å². The lowest BCUT2D eigenvalue weighted by atomic mass is 10.3. The Balaban J connectivity index is 1.84. The van der Waals surface area contributed by atoms with Gasteiger partial charge in [0, 0.05) is 20.0 Å². The molecule has 2 aromatic rings. The number of hydrogen-bond donors (Lipinski definition) is 2. The van der Waals surface area contributed by atoms with Crippen LogP contribution in [0.25, 0.3) is 0 Å². The number of pyridine rings is 1. The number of nitrogens with zero attached hydrogens (tertiary/aromatic N) is 2. The molecule has 0 bridgehead atoms. The van der Waals surface area contributed by atoms with Crippen LogP contribution < -0.4 is 11.1 Å². The van der Waals surface area contributed by atoms with Crippen LogP contribution in [0.2, 0.25) is 0 Å². The first-order valence-corrected chi connectivity index (χ1v) is 8.96. The van der Waals surface area contributed by atoms with Crippen molar-refractivity contribution < 1.29 is 17.6 Å². The molecule has 0 saturated carbocycles. The summed E-state index contributed by atoms with van der Waals surface area (Å²) in [5.74, 6) is -0.403. The smallest absolute Gasteiger partial charge is 0.242 e. The maximum Gasteiger partial charge on any atom is 0.242 e. The Morgan fingerprint density at radius 2 is 1.92 bits per heavy atom. The van der Waals surface area contributed by atoms with E-state index in [4.69, 9.17) is 5.73 Å². The number of sulfonamides is 1. The van der Waals surface area contributed by atoms with Crippen molar-refractivity contribution in [1.82, 2.24) is 9.29 Å². The Bertz CT molecular complexity index is 823. The van der Waals surface area contributed by atoms with Gasteiger partial charge in [-0.2, -0.15) is 0 Å². The van der Waals surface area contributed by atoms with Crippen molar-refractivity contribution in [3.8, 4) is 0 Å². The summed E-state index contributed by atoms with van der Waals surface area (Å²) in [4.78, 5) is 15.7. The molecule has 1 amide bonds. The SMILES string of the molecule is CN(CCCC(=O)Nc1ccc(N)nc1)S(=O)(=O)c1ccc(F)cc1. The van der Waals surface area contributed by atoms with E-state index >= 15 is 0 Å². The van der Waals surface area contributed by atoms with Crippen molar-refractivity contribution >= 4 is 27.4 Å². The van der Waals surface area contributed by atoms with Gasteiger partial charge < -0.3 is 11.1 Å². The molecule has 0 spiro atoms. The third kappa shape index (κ3) is 5.23. The number of hydrogen-bond acceptors (Lipinski definition) is 5. The second-order valence-electron chi connectivity index (χ2n) is 5.40. The van der Waals surface area contributed by atoms with Crippen LogP contribution in [0.3, 0.4) is 0 Å². The number of carbonyl (C=O) groups is 1. The van der Waals surface area contributed by atoms with Gasteiger partial charge in [-0.25, -0.2) is 22.1 Å². The zero-order valence-electron chi connectivity index (χ0n) is 13.6. The molecular weight excluding hydrogens is 347 g/mol. The number of nitrogens with one attached hydrogen (secondary N) is 1. The highest BCUT2D eigenvalue weighted by atomic mass is 32.2. The summed E-state index contributed by atoms with van der Waals surface area (Å²) in [6.07, 6.45) is 1.93. The molecular formula is C16H19FN4O3S. The molecule has 1 aromatic heterocycles. The molecule has 0 aliphatic rings. The fraction of sp³-hybridized carbons (Fsp3) is 0.250. The van der Waals surface area contributed by atoms with Gasteiger partial charge in [0.15, 0.2) is 0 Å². The monoisotopic (exact) mass is 366 g/mol. The third-order valence-electron chi connectivity index (χ3n) is 3.47. The summed E-state index contributed by atoms with van der Waals surface area (Å²) in [7, 11) is -2.29. The maximum atomic E-state index is 12.9. The molecule has 25 heavy (non-hydrogen) atoms. The molecule has 0 aliphatic heterocycles. The highest BCUT2D eigenvalue weighted by Gasteiger charge is 2.20. The summed E-state index contributed by atoms with van der Waals surface area (Å²) < 4.78 is 38.7. The van der Waals surface area contributed by atoms with E-state index in [1.165, 1.54) is 25.4 Å². The van der Waals surface area contributed by atoms with Gasteiger partial charge in [0.2, 0.25) is 15.9 Å². The molecule has 2 rings (SSSR count). The number of benzene rings is 1. The first kappa shape index (κ1) is 18.8. The summed E-state index contributed by atoms with van der Waals surface area (Å²) in [6, 6.07) is 7.80. The van der Waals surface area contributed by atoms with Gasteiger partial charge in [0.05, 0.1) is 16.8 Å². The molecule has 1 heterocycles. The van der Waals surface area contributed by atoms with Gasteiger partial charge in [-0.05, 0) is 42.8 Å². The predicted molar refractivity (Wildman–Crippen MR) is 92.7 cm³/mol. The number of nitrogen functional groups attached to an aromatic ring is 1. The predicted octanol–water partition coefficient (Wildman–Crippen LogP) is 1.84. The Morgan fingerprint density at radius 1 is 1.24 bits per heavy atom. The molecule has 7 nitrogen and oxygen atoms in total. The topological polar surface area (TPSA) is 105 Å². The van der Waals surface area contributed by atoms with E-state index in [0.29, 0.717) is 17.9 Å². The molecule has 134 valence electrons. The molecule has 0 aliphatic carbocycles. The zero-order chi connectivity index (χ0) is 18.4. The number of amides is 1. The first-order valence-electron chi connectivity index (χ1n) is 7.52. The first-order chi connectivity index (χ1) is 11.8. The lowest BCUT2D eigenvalue weighted by molar-refractivity contribution is -0.116. The van der Waals surface area contributed by atoms with Crippen molar-refractivity contribution in [2.45, 2.75) is 17.7 Å². The number of halogens is 1. The van der Waals surface area contributed by atoms with Gasteiger partial charge in [-0.1, -0.05) is 0 Å². The molecule has 3 N–H and O–H groups in total. The van der Waals surface area contributed by atoms with E-state index in [1.54, 1.807) is 12.1 Å². The van der Waals surface area contributed by atoms with Crippen LogP contribution in [-0.2, 0) is 14.8 Å². The Kier molecular flexibility index (Phi) is 6.05. The number of nitrogens with two attached hydrogens (primary N) is 1. The summed E-state index contributed by atoms with van der Waals surface area (Å²) in [5.41, 5.74) is 5.98. The molecule has 0 saturated heterocycles. The van der Waals surface area contributed by atoms with Crippen LogP contribution in [0.15, 0.2) is 47.5 Å². The second-order valence-corrected chi connectivity index (χ2v) is 7.45. The summed E-state index contributed by atoms with van der Waals surface area (Å²) in [6.45, 7) is 0.160. The van der Waals surface area contributed by atoms with Gasteiger partial charge in [-0.3, -0.25) is 4.79 Å². The Labute approximate surface area is 145 Å². The second kappa shape index (κ2) is 8.04. The molecule has 0 unspecified atom stereocenters. The Hall–Kier alpha value is -2.52. The third-order valence-corrected chi connectivity index (χ3v) is 5.34. The van der Waals surface area contributed by atoms with Crippen LogP contribution in [0.1, 0.15) is 12.8 Å². The van der Waals surface area contributed by atoms with Gasteiger partial charge in [-0.15, -0.1) is 0 Å². The molecule has 1 aromatic carbocycles. The largest absolute Gasteiger partial charge is 0.384 e. The molecule has 0 radical (unpaired) electrons. The number of rotatable bonds is 7. The van der Waals surface area contributed by atoms with E-state index in [-0.39, 0.29) is 23.8 Å². The minimum Gasteiger partial charge on any atom is -0.384 e. The number of carbonyl (C=O) groups excluding carboxylic acids is 1. The van der Waals surface area contributed by atoms with Crippen LogP contribution in [0.4, 0.5) is 15.9 Å². The average molecular weight is 366 g/mol. The normalized spacial score (nSPS) is 11.5. The van der Waals surface area contributed by atoms with E-state index in [1.807, 2.05) is 0 Å². The molecule has 0 fully saturated rings. The molecule has 0 atom stereocenters. The fourth-order valence-corrected chi connectivity index (χ4v) is 3.28.